The predicted molar refractivity (Wildman–Crippen MR) is 88.0 cm³/mol. The van der Waals surface area contributed by atoms with E-state index in [4.69, 9.17) is 14.2 Å². The summed E-state index contributed by atoms with van der Waals surface area (Å²) in [5, 5.41) is 10.6. The van der Waals surface area contributed by atoms with Gasteiger partial charge in [0.1, 0.15) is 11.0 Å². The van der Waals surface area contributed by atoms with Crippen molar-refractivity contribution < 1.29 is 19.0 Å². The molecule has 1 N–H and O–H groups in total. The minimum Gasteiger partial charge on any atom is -0.493 e. The van der Waals surface area contributed by atoms with Crippen molar-refractivity contribution in [2.75, 3.05) is 21.3 Å². The average molecular weight is 327 g/mol. The molecule has 0 fully saturated rings. The topological polar surface area (TPSA) is 86.3 Å². The van der Waals surface area contributed by atoms with Crippen molar-refractivity contribution in [1.82, 2.24) is 15.4 Å². The van der Waals surface area contributed by atoms with Crippen molar-refractivity contribution in [3.63, 3.8) is 0 Å². The molecule has 0 aliphatic rings. The van der Waals surface area contributed by atoms with Gasteiger partial charge in [0.05, 0.1) is 21.3 Å². The summed E-state index contributed by atoms with van der Waals surface area (Å²) in [5.41, 5.74) is 2.84. The maximum Gasteiger partial charge on any atom is 0.203 e. The van der Waals surface area contributed by atoms with E-state index in [1.807, 2.05) is 18.2 Å². The molecule has 0 unspecified atom stereocenters. The van der Waals surface area contributed by atoms with E-state index in [2.05, 4.69) is 15.4 Å². The second kappa shape index (κ2) is 6.57. The summed E-state index contributed by atoms with van der Waals surface area (Å²) in [6.07, 6.45) is 0.238. The molecule has 3 aromatic rings. The lowest BCUT2D eigenvalue weighted by molar-refractivity contribution is 0.0992. The van der Waals surface area contributed by atoms with Gasteiger partial charge in [0.25, 0.3) is 0 Å². The number of fused-ring (bicyclic) bond motifs is 1. The fourth-order valence-corrected chi connectivity index (χ4v) is 2.53. The Kier molecular flexibility index (Phi) is 4.33. The van der Waals surface area contributed by atoms with Crippen LogP contribution in [-0.2, 0) is 6.42 Å². The monoisotopic (exact) mass is 327 g/mol. The summed E-state index contributed by atoms with van der Waals surface area (Å²) >= 11 is 0. The molecule has 2 aromatic carbocycles. The molecule has 0 bridgehead atoms. The highest BCUT2D eigenvalue weighted by atomic mass is 16.5. The Morgan fingerprint density at radius 1 is 0.958 bits per heavy atom. The molecule has 7 nitrogen and oxygen atoms in total. The zero-order chi connectivity index (χ0) is 17.1. The van der Waals surface area contributed by atoms with Crippen molar-refractivity contribution in [3.05, 3.63) is 41.5 Å². The van der Waals surface area contributed by atoms with Gasteiger partial charge in [-0.15, -0.1) is 0 Å². The highest BCUT2D eigenvalue weighted by Crippen LogP contribution is 2.38. The number of rotatable bonds is 6. The Balaban J connectivity index is 1.91. The summed E-state index contributed by atoms with van der Waals surface area (Å²) < 4.78 is 15.8. The van der Waals surface area contributed by atoms with Gasteiger partial charge in [0.15, 0.2) is 17.3 Å². The Morgan fingerprint density at radius 3 is 2.25 bits per heavy atom. The zero-order valence-corrected chi connectivity index (χ0v) is 13.6. The molecule has 0 radical (unpaired) electrons. The molecule has 0 atom stereocenters. The van der Waals surface area contributed by atoms with Crippen LogP contribution in [0.3, 0.4) is 0 Å². The van der Waals surface area contributed by atoms with Crippen LogP contribution in [0.1, 0.15) is 15.9 Å². The van der Waals surface area contributed by atoms with Crippen LogP contribution < -0.4 is 14.2 Å². The van der Waals surface area contributed by atoms with Gasteiger partial charge < -0.3 is 14.2 Å². The van der Waals surface area contributed by atoms with Crippen LogP contribution in [-0.4, -0.2) is 42.5 Å². The van der Waals surface area contributed by atoms with Gasteiger partial charge >= 0.3 is 0 Å². The molecule has 0 aliphatic carbocycles. The second-order valence-corrected chi connectivity index (χ2v) is 5.16. The van der Waals surface area contributed by atoms with E-state index in [1.54, 1.807) is 12.1 Å². The number of methoxy groups -OCH3 is 3. The van der Waals surface area contributed by atoms with Gasteiger partial charge in [0, 0.05) is 12.0 Å². The van der Waals surface area contributed by atoms with Gasteiger partial charge in [-0.2, -0.15) is 15.4 Å². The molecule has 3 rings (SSSR count). The number of H-pyrrole nitrogens is 1. The van der Waals surface area contributed by atoms with Crippen LogP contribution in [0.2, 0.25) is 0 Å². The lowest BCUT2D eigenvalue weighted by atomic mass is 10.0. The van der Waals surface area contributed by atoms with Crippen molar-refractivity contribution in [3.8, 4) is 17.2 Å². The Hall–Kier alpha value is -3.09. The highest BCUT2D eigenvalue weighted by Gasteiger charge is 2.17. The number of benzene rings is 2. The van der Waals surface area contributed by atoms with Crippen molar-refractivity contribution in [2.45, 2.75) is 6.42 Å². The van der Waals surface area contributed by atoms with Crippen LogP contribution in [0.4, 0.5) is 0 Å². The van der Waals surface area contributed by atoms with E-state index in [9.17, 15) is 4.79 Å². The van der Waals surface area contributed by atoms with E-state index in [0.717, 1.165) is 16.6 Å². The minimum atomic E-state index is -0.0582. The van der Waals surface area contributed by atoms with E-state index in [-0.39, 0.29) is 12.2 Å². The first-order valence-corrected chi connectivity index (χ1v) is 7.29. The fraction of sp³-hybridized carbons (Fsp3) is 0.235. The number of ether oxygens (including phenoxy) is 3. The van der Waals surface area contributed by atoms with E-state index >= 15 is 0 Å². The Bertz CT molecular complexity index is 863. The summed E-state index contributed by atoms with van der Waals surface area (Å²) in [5.74, 6) is 1.30. The highest BCUT2D eigenvalue weighted by molar-refractivity contribution is 5.99. The van der Waals surface area contributed by atoms with Gasteiger partial charge in [-0.25, -0.2) is 0 Å². The van der Waals surface area contributed by atoms with Gasteiger partial charge in [0.2, 0.25) is 5.75 Å². The number of aromatic nitrogens is 3. The SMILES string of the molecule is COc1cc(C(=O)Cc2ccc3n[nH]nc3c2)cc(OC)c1OC. The number of hydrogen-bond donors (Lipinski definition) is 1. The van der Waals surface area contributed by atoms with Gasteiger partial charge in [-0.3, -0.25) is 4.79 Å². The molecule has 0 saturated carbocycles. The largest absolute Gasteiger partial charge is 0.493 e. The third-order valence-electron chi connectivity index (χ3n) is 3.73. The second-order valence-electron chi connectivity index (χ2n) is 5.16. The van der Waals surface area contributed by atoms with E-state index in [0.29, 0.717) is 22.8 Å². The molecular formula is C17H17N3O4. The predicted octanol–water partition coefficient (Wildman–Crippen LogP) is 2.41. The quantitative estimate of drug-likeness (QED) is 0.700. The fourth-order valence-electron chi connectivity index (χ4n) is 2.53. The lowest BCUT2D eigenvalue weighted by Gasteiger charge is -2.13. The number of carbonyl (C=O) groups is 1. The zero-order valence-electron chi connectivity index (χ0n) is 13.6. The molecule has 7 heteroatoms. The van der Waals surface area contributed by atoms with Gasteiger partial charge in [-0.1, -0.05) is 6.07 Å². The number of nitrogens with one attached hydrogen (secondary N) is 1. The summed E-state index contributed by atoms with van der Waals surface area (Å²) in [7, 11) is 4.56. The normalized spacial score (nSPS) is 10.6. The number of ketones is 1. The minimum absolute atomic E-state index is 0.0582. The molecule has 1 heterocycles. The molecule has 0 aliphatic heterocycles. The number of carbonyl (C=O) groups excluding carboxylic acids is 1. The van der Waals surface area contributed by atoms with Crippen LogP contribution in [0.25, 0.3) is 11.0 Å². The standard InChI is InChI=1S/C17H17N3O4/c1-22-15-8-11(9-16(23-2)17(15)24-3)14(21)7-10-4-5-12-13(6-10)19-20-18-12/h4-6,8-9H,7H2,1-3H3,(H,18,19,20). The van der Waals surface area contributed by atoms with Crippen LogP contribution in [0.15, 0.2) is 30.3 Å². The molecule has 0 spiro atoms. The number of aromatic amines is 1. The summed E-state index contributed by atoms with van der Waals surface area (Å²) in [4.78, 5) is 12.6. The maximum atomic E-state index is 12.6. The third kappa shape index (κ3) is 2.88. The van der Waals surface area contributed by atoms with E-state index in [1.165, 1.54) is 21.3 Å². The van der Waals surface area contributed by atoms with Crippen molar-refractivity contribution in [2.24, 2.45) is 0 Å². The first-order chi connectivity index (χ1) is 11.7. The van der Waals surface area contributed by atoms with Crippen molar-refractivity contribution >= 4 is 16.8 Å². The van der Waals surface area contributed by atoms with E-state index < -0.39 is 0 Å². The summed E-state index contributed by atoms with van der Waals surface area (Å²) in [6.45, 7) is 0. The molecule has 0 amide bonds. The third-order valence-corrected chi connectivity index (χ3v) is 3.73. The van der Waals surface area contributed by atoms with Gasteiger partial charge in [-0.05, 0) is 29.8 Å². The molecule has 0 saturated heterocycles. The Morgan fingerprint density at radius 2 is 1.62 bits per heavy atom. The Labute approximate surface area is 138 Å². The van der Waals surface area contributed by atoms with Crippen molar-refractivity contribution in [1.29, 1.82) is 0 Å². The lowest BCUT2D eigenvalue weighted by Crippen LogP contribution is -2.05. The number of nitrogens with zero attached hydrogens (tertiary/aromatic N) is 2. The smallest absolute Gasteiger partial charge is 0.203 e. The maximum absolute atomic E-state index is 12.6. The molecule has 1 aromatic heterocycles. The first-order valence-electron chi connectivity index (χ1n) is 7.29. The number of hydrogen-bond acceptors (Lipinski definition) is 6. The molecule has 124 valence electrons. The van der Waals surface area contributed by atoms with Crippen LogP contribution in [0, 0.1) is 0 Å². The molecular weight excluding hydrogens is 310 g/mol. The first kappa shape index (κ1) is 15.8. The number of Topliss-reactive ketones (excluding diaryl/α,β-unsaturated/α-hetero) is 1. The average Bonchev–Trinajstić information content (AvgIpc) is 3.07. The molecule has 24 heavy (non-hydrogen) atoms. The summed E-state index contributed by atoms with van der Waals surface area (Å²) in [6, 6.07) is 8.84. The van der Waals surface area contributed by atoms with Crippen LogP contribution >= 0.6 is 0 Å². The van der Waals surface area contributed by atoms with Crippen LogP contribution in [0.5, 0.6) is 17.2 Å².